The Balaban J connectivity index is 1.55. The zero-order chi connectivity index (χ0) is 20.5. The summed E-state index contributed by atoms with van der Waals surface area (Å²) < 4.78 is 22.2. The number of aliphatic carboxylic acids is 1. The van der Waals surface area contributed by atoms with Crippen molar-refractivity contribution >= 4 is 17.6 Å². The highest BCUT2D eigenvalue weighted by Crippen LogP contribution is 2.38. The van der Waals surface area contributed by atoms with Crippen molar-refractivity contribution in [3.8, 4) is 11.4 Å². The third kappa shape index (κ3) is 4.12. The molecule has 0 amide bonds. The molecule has 1 atom stereocenters. The van der Waals surface area contributed by atoms with Crippen molar-refractivity contribution in [2.75, 3.05) is 0 Å². The van der Waals surface area contributed by atoms with Crippen LogP contribution in [0.1, 0.15) is 41.3 Å². The van der Waals surface area contributed by atoms with E-state index in [9.17, 15) is 9.18 Å². The molecule has 2 aromatic carbocycles. The topological polar surface area (TPSA) is 64.3 Å². The summed E-state index contributed by atoms with van der Waals surface area (Å²) >= 11 is 5.96. The average Bonchev–Trinajstić information content (AvgIpc) is 3.23. The van der Waals surface area contributed by atoms with Crippen LogP contribution in [-0.2, 0) is 17.8 Å². The Kier molecular flexibility index (Phi) is 5.28. The van der Waals surface area contributed by atoms with Gasteiger partial charge in [-0.25, -0.2) is 9.07 Å². The van der Waals surface area contributed by atoms with E-state index in [1.165, 1.54) is 6.07 Å². The second kappa shape index (κ2) is 7.87. The van der Waals surface area contributed by atoms with Crippen LogP contribution in [0.4, 0.5) is 4.39 Å². The number of hydrogen-bond acceptors (Lipinski definition) is 3. The molecule has 0 spiro atoms. The van der Waals surface area contributed by atoms with Gasteiger partial charge in [-0.15, -0.1) is 0 Å². The van der Waals surface area contributed by atoms with Gasteiger partial charge in [0.1, 0.15) is 6.61 Å². The lowest BCUT2D eigenvalue weighted by molar-refractivity contribution is -0.137. The predicted octanol–water partition coefficient (Wildman–Crippen LogP) is 5.06. The van der Waals surface area contributed by atoms with E-state index in [1.807, 2.05) is 25.1 Å². The zero-order valence-electron chi connectivity index (χ0n) is 15.9. The smallest absolute Gasteiger partial charge is 0.303 e. The Hall–Kier alpha value is -2.86. The van der Waals surface area contributed by atoms with Gasteiger partial charge in [0.25, 0.3) is 0 Å². The number of fused-ring (bicyclic) bond motifs is 1. The van der Waals surface area contributed by atoms with Gasteiger partial charge in [-0.05, 0) is 79.3 Å². The summed E-state index contributed by atoms with van der Waals surface area (Å²) in [5.74, 6) is -1.31. The van der Waals surface area contributed by atoms with Crippen molar-refractivity contribution in [3.63, 3.8) is 0 Å². The number of aromatic nitrogens is 2. The zero-order valence-corrected chi connectivity index (χ0v) is 16.6. The van der Waals surface area contributed by atoms with Crippen molar-refractivity contribution in [1.29, 1.82) is 0 Å². The highest BCUT2D eigenvalue weighted by Gasteiger charge is 2.26. The molecule has 0 fully saturated rings. The molecule has 1 heterocycles. The number of hydrogen-bond donors (Lipinski definition) is 1. The molecule has 1 unspecified atom stereocenters. The summed E-state index contributed by atoms with van der Waals surface area (Å²) in [6, 6.07) is 12.3. The largest absolute Gasteiger partial charge is 0.484 e. The monoisotopic (exact) mass is 414 g/mol. The number of benzene rings is 2. The minimum Gasteiger partial charge on any atom is -0.484 e. The van der Waals surface area contributed by atoms with E-state index >= 15 is 0 Å². The molecule has 0 saturated heterocycles. The maximum Gasteiger partial charge on any atom is 0.303 e. The van der Waals surface area contributed by atoms with Crippen LogP contribution in [0.2, 0.25) is 5.02 Å². The third-order valence-corrected chi connectivity index (χ3v) is 5.42. The molecule has 3 aromatic rings. The van der Waals surface area contributed by atoms with Crippen LogP contribution in [0.5, 0.6) is 5.75 Å². The Bertz CT molecular complexity index is 1060. The molecule has 1 aliphatic rings. The fourth-order valence-corrected chi connectivity index (χ4v) is 3.97. The van der Waals surface area contributed by atoms with Crippen LogP contribution in [0, 0.1) is 12.7 Å². The van der Waals surface area contributed by atoms with Gasteiger partial charge < -0.3 is 9.84 Å². The van der Waals surface area contributed by atoms with Crippen molar-refractivity contribution in [2.24, 2.45) is 0 Å². The van der Waals surface area contributed by atoms with Gasteiger partial charge in [0.15, 0.2) is 11.6 Å². The maximum absolute atomic E-state index is 14.6. The van der Waals surface area contributed by atoms with E-state index in [0.717, 1.165) is 34.6 Å². The number of rotatable bonds is 6. The van der Waals surface area contributed by atoms with Crippen LogP contribution in [0.15, 0.2) is 42.5 Å². The molecule has 0 bridgehead atoms. The number of nitrogens with zero attached hydrogens (tertiary/aromatic N) is 2. The Morgan fingerprint density at radius 1 is 1.31 bits per heavy atom. The van der Waals surface area contributed by atoms with Gasteiger partial charge in [0.05, 0.1) is 23.5 Å². The van der Waals surface area contributed by atoms with Crippen LogP contribution in [0.3, 0.4) is 0 Å². The lowest BCUT2D eigenvalue weighted by Crippen LogP contribution is -2.07. The van der Waals surface area contributed by atoms with Gasteiger partial charge in [-0.2, -0.15) is 5.10 Å². The average molecular weight is 415 g/mol. The lowest BCUT2D eigenvalue weighted by atomic mass is 9.98. The van der Waals surface area contributed by atoms with Gasteiger partial charge in [-0.3, -0.25) is 4.79 Å². The first kappa shape index (κ1) is 19.5. The summed E-state index contributed by atoms with van der Waals surface area (Å²) in [5.41, 5.74) is 4.18. The van der Waals surface area contributed by atoms with Crippen LogP contribution < -0.4 is 4.74 Å². The van der Waals surface area contributed by atoms with Crippen LogP contribution in [0.25, 0.3) is 5.69 Å². The molecule has 1 N–H and O–H groups in total. The fraction of sp³-hybridized carbons (Fsp3) is 0.273. The quantitative estimate of drug-likeness (QED) is 0.612. The second-order valence-electron chi connectivity index (χ2n) is 7.27. The molecular weight excluding hydrogens is 395 g/mol. The van der Waals surface area contributed by atoms with Crippen molar-refractivity contribution in [3.05, 3.63) is 75.8 Å². The number of halogens is 2. The molecule has 7 heteroatoms. The molecule has 4 rings (SSSR count). The van der Waals surface area contributed by atoms with Gasteiger partial charge >= 0.3 is 5.97 Å². The summed E-state index contributed by atoms with van der Waals surface area (Å²) in [6.07, 6.45) is 1.46. The van der Waals surface area contributed by atoms with Gasteiger partial charge in [0.2, 0.25) is 0 Å². The van der Waals surface area contributed by atoms with Gasteiger partial charge in [-0.1, -0.05) is 11.6 Å². The predicted molar refractivity (Wildman–Crippen MR) is 107 cm³/mol. The SMILES string of the molecule is Cc1cc(COc2cc3c(cc2F)C(CC(=O)O)CC3)n(-c2ccc(Cl)cc2)n1. The number of carbonyl (C=O) groups is 1. The highest BCUT2D eigenvalue weighted by atomic mass is 35.5. The number of aryl methyl sites for hydroxylation is 2. The summed E-state index contributed by atoms with van der Waals surface area (Å²) in [4.78, 5) is 11.0. The minimum absolute atomic E-state index is 0.0200. The van der Waals surface area contributed by atoms with E-state index in [2.05, 4.69) is 5.10 Å². The summed E-state index contributed by atoms with van der Waals surface area (Å²) in [5, 5.41) is 14.2. The molecule has 29 heavy (non-hydrogen) atoms. The number of carboxylic acids is 1. The first-order chi connectivity index (χ1) is 13.9. The fourth-order valence-electron chi connectivity index (χ4n) is 3.84. The molecule has 0 aliphatic heterocycles. The molecule has 5 nitrogen and oxygen atoms in total. The Labute approximate surface area is 172 Å². The Morgan fingerprint density at radius 3 is 2.79 bits per heavy atom. The lowest BCUT2D eigenvalue weighted by Gasteiger charge is -2.13. The number of carboxylic acid groups (broad SMARTS) is 1. The van der Waals surface area contributed by atoms with E-state index in [-0.39, 0.29) is 24.7 Å². The van der Waals surface area contributed by atoms with Crippen LogP contribution in [-0.4, -0.2) is 20.9 Å². The van der Waals surface area contributed by atoms with E-state index in [1.54, 1.807) is 22.9 Å². The van der Waals surface area contributed by atoms with E-state index < -0.39 is 11.8 Å². The second-order valence-corrected chi connectivity index (χ2v) is 7.71. The van der Waals surface area contributed by atoms with E-state index in [0.29, 0.717) is 11.4 Å². The van der Waals surface area contributed by atoms with E-state index in [4.69, 9.17) is 21.4 Å². The van der Waals surface area contributed by atoms with Crippen molar-refractivity contribution in [1.82, 2.24) is 9.78 Å². The third-order valence-electron chi connectivity index (χ3n) is 5.17. The minimum atomic E-state index is -0.866. The molecule has 0 radical (unpaired) electrons. The summed E-state index contributed by atoms with van der Waals surface area (Å²) in [6.45, 7) is 2.03. The van der Waals surface area contributed by atoms with Crippen molar-refractivity contribution in [2.45, 2.75) is 38.7 Å². The molecule has 0 saturated carbocycles. The molecular formula is C22H20ClFN2O3. The van der Waals surface area contributed by atoms with Gasteiger partial charge in [0, 0.05) is 5.02 Å². The summed E-state index contributed by atoms with van der Waals surface area (Å²) in [7, 11) is 0. The normalized spacial score (nSPS) is 15.3. The van der Waals surface area contributed by atoms with Crippen LogP contribution >= 0.6 is 11.6 Å². The molecule has 150 valence electrons. The van der Waals surface area contributed by atoms with Crippen molar-refractivity contribution < 1.29 is 19.0 Å². The maximum atomic E-state index is 14.6. The molecule has 1 aromatic heterocycles. The highest BCUT2D eigenvalue weighted by molar-refractivity contribution is 6.30. The standard InChI is InChI=1S/C22H20ClFN2O3/c1-13-8-18(26(25-13)17-6-4-16(23)5-7-17)12-29-21-9-14-2-3-15(10-22(27)28)19(14)11-20(21)24/h4-9,11,15H,2-3,10,12H2,1H3,(H,27,28). The first-order valence-corrected chi connectivity index (χ1v) is 9.77. The Morgan fingerprint density at radius 2 is 2.07 bits per heavy atom. The molecule has 1 aliphatic carbocycles. The first-order valence-electron chi connectivity index (χ1n) is 9.39. The number of ether oxygens (including phenoxy) is 1.